The van der Waals surface area contributed by atoms with Crippen molar-refractivity contribution in [2.24, 2.45) is 0 Å². The van der Waals surface area contributed by atoms with Gasteiger partial charge in [0.05, 0.1) is 5.52 Å². The maximum absolute atomic E-state index is 12.7. The molecule has 136 valence electrons. The minimum atomic E-state index is -0.185. The summed E-state index contributed by atoms with van der Waals surface area (Å²) in [5.41, 5.74) is 3.74. The van der Waals surface area contributed by atoms with Gasteiger partial charge in [-0.2, -0.15) is 0 Å². The number of fused-ring (bicyclic) bond motifs is 3. The molecule has 0 spiro atoms. The van der Waals surface area contributed by atoms with Crippen molar-refractivity contribution in [3.05, 3.63) is 77.7 Å². The lowest BCUT2D eigenvalue weighted by Gasteiger charge is -2.12. The summed E-state index contributed by atoms with van der Waals surface area (Å²) < 4.78 is 5.94. The summed E-state index contributed by atoms with van der Waals surface area (Å²) in [7, 11) is 0. The Hall–Kier alpha value is -3.14. The van der Waals surface area contributed by atoms with Crippen molar-refractivity contribution in [3.63, 3.8) is 0 Å². The Morgan fingerprint density at radius 2 is 1.81 bits per heavy atom. The van der Waals surface area contributed by atoms with Crippen LogP contribution in [0, 0.1) is 6.92 Å². The molecule has 4 aromatic rings. The second-order valence-corrected chi connectivity index (χ2v) is 6.97. The number of carbonyl (C=O) groups excluding carboxylic acids is 1. The molecule has 1 amide bonds. The molecule has 4 nitrogen and oxygen atoms in total. The van der Waals surface area contributed by atoms with Crippen LogP contribution in [0.4, 0.5) is 0 Å². The molecule has 0 saturated carbocycles. The lowest BCUT2D eigenvalue weighted by Crippen LogP contribution is -2.32. The Balaban J connectivity index is 1.52. The number of rotatable bonds is 5. The first-order valence-electron chi connectivity index (χ1n) is 9.25. The van der Waals surface area contributed by atoms with Gasteiger partial charge in [0.2, 0.25) is 0 Å². The fourth-order valence-electron chi connectivity index (χ4n) is 3.37. The van der Waals surface area contributed by atoms with Crippen LogP contribution in [0.5, 0.6) is 0 Å². The number of carbonyl (C=O) groups is 1. The number of nitrogens with one attached hydrogen (secondary N) is 1. The molecule has 0 bridgehead atoms. The maximum Gasteiger partial charge on any atom is 0.287 e. The van der Waals surface area contributed by atoms with Crippen molar-refractivity contribution in [2.75, 3.05) is 0 Å². The summed E-state index contributed by atoms with van der Waals surface area (Å²) in [5, 5.41) is 4.85. The van der Waals surface area contributed by atoms with Gasteiger partial charge in [-0.1, -0.05) is 42.5 Å². The highest BCUT2D eigenvalue weighted by molar-refractivity contribution is 6.06. The molecule has 2 heterocycles. The molecule has 27 heavy (non-hydrogen) atoms. The number of amides is 1. The van der Waals surface area contributed by atoms with Crippen molar-refractivity contribution in [1.82, 2.24) is 10.3 Å². The van der Waals surface area contributed by atoms with E-state index in [1.54, 1.807) is 6.07 Å². The van der Waals surface area contributed by atoms with Gasteiger partial charge in [-0.25, -0.2) is 0 Å². The third kappa shape index (κ3) is 3.56. The van der Waals surface area contributed by atoms with E-state index >= 15 is 0 Å². The van der Waals surface area contributed by atoms with Crippen LogP contribution in [-0.4, -0.2) is 16.9 Å². The van der Waals surface area contributed by atoms with Crippen LogP contribution in [0.25, 0.3) is 21.9 Å². The summed E-state index contributed by atoms with van der Waals surface area (Å²) >= 11 is 0. The first-order valence-corrected chi connectivity index (χ1v) is 9.25. The molecule has 1 atom stereocenters. The summed E-state index contributed by atoms with van der Waals surface area (Å²) in [6, 6.07) is 20.0. The van der Waals surface area contributed by atoms with Gasteiger partial charge in [-0.3, -0.25) is 9.78 Å². The molecule has 4 rings (SSSR count). The molecule has 0 aliphatic carbocycles. The third-order valence-electron chi connectivity index (χ3n) is 4.87. The number of aromatic nitrogens is 1. The highest BCUT2D eigenvalue weighted by Crippen LogP contribution is 2.29. The van der Waals surface area contributed by atoms with Crippen molar-refractivity contribution in [2.45, 2.75) is 32.7 Å². The zero-order chi connectivity index (χ0) is 18.8. The van der Waals surface area contributed by atoms with Crippen molar-refractivity contribution in [3.8, 4) is 0 Å². The van der Waals surface area contributed by atoms with Crippen LogP contribution in [0.15, 0.2) is 65.1 Å². The second kappa shape index (κ2) is 7.23. The van der Waals surface area contributed by atoms with E-state index < -0.39 is 0 Å². The summed E-state index contributed by atoms with van der Waals surface area (Å²) in [6.07, 6.45) is 1.80. The molecular weight excluding hydrogens is 336 g/mol. The average Bonchev–Trinajstić information content (AvgIpc) is 3.14. The third-order valence-corrected chi connectivity index (χ3v) is 4.87. The van der Waals surface area contributed by atoms with Crippen molar-refractivity contribution >= 4 is 27.8 Å². The summed E-state index contributed by atoms with van der Waals surface area (Å²) in [4.78, 5) is 17.3. The monoisotopic (exact) mass is 358 g/mol. The standard InChI is InChI=1S/C23H22N2O2/c1-15(12-13-17-8-4-3-5-9-17)24-23(26)21-14-19-16(2)25-20-11-7-6-10-18(20)22(19)27-21/h3-11,14-15H,12-13H2,1-2H3,(H,24,26). The molecule has 2 aromatic carbocycles. The predicted octanol–water partition coefficient (Wildman–Crippen LogP) is 5.04. The smallest absolute Gasteiger partial charge is 0.287 e. The zero-order valence-electron chi connectivity index (χ0n) is 15.5. The van der Waals surface area contributed by atoms with E-state index in [1.165, 1.54) is 5.56 Å². The number of hydrogen-bond donors (Lipinski definition) is 1. The van der Waals surface area contributed by atoms with E-state index in [2.05, 4.69) is 22.4 Å². The highest BCUT2D eigenvalue weighted by atomic mass is 16.3. The average molecular weight is 358 g/mol. The van der Waals surface area contributed by atoms with Crippen LogP contribution in [-0.2, 0) is 6.42 Å². The normalized spacial score (nSPS) is 12.4. The fraction of sp³-hybridized carbons (Fsp3) is 0.217. The van der Waals surface area contributed by atoms with E-state index in [0.29, 0.717) is 5.76 Å². The largest absolute Gasteiger partial charge is 0.450 e. The number of benzene rings is 2. The van der Waals surface area contributed by atoms with E-state index in [-0.39, 0.29) is 11.9 Å². The first-order chi connectivity index (χ1) is 13.1. The Labute approximate surface area is 158 Å². The number of nitrogens with zero attached hydrogens (tertiary/aromatic N) is 1. The van der Waals surface area contributed by atoms with Crippen LogP contribution in [0.2, 0.25) is 0 Å². The SMILES string of the molecule is Cc1nc2ccccc2c2oc(C(=O)NC(C)CCc3ccccc3)cc12. The molecule has 1 unspecified atom stereocenters. The van der Waals surface area contributed by atoms with Gasteiger partial charge >= 0.3 is 0 Å². The number of aryl methyl sites for hydroxylation is 2. The molecule has 2 aromatic heterocycles. The number of para-hydroxylation sites is 1. The number of hydrogen-bond acceptors (Lipinski definition) is 3. The number of furan rings is 1. The van der Waals surface area contributed by atoms with E-state index in [9.17, 15) is 4.79 Å². The fourth-order valence-corrected chi connectivity index (χ4v) is 3.37. The van der Waals surface area contributed by atoms with Gasteiger partial charge in [0.15, 0.2) is 5.76 Å². The van der Waals surface area contributed by atoms with Gasteiger partial charge in [0.25, 0.3) is 5.91 Å². The molecular formula is C23H22N2O2. The van der Waals surface area contributed by atoms with Gasteiger partial charge in [0, 0.05) is 22.5 Å². The van der Waals surface area contributed by atoms with Crippen LogP contribution < -0.4 is 5.32 Å². The zero-order valence-corrected chi connectivity index (χ0v) is 15.5. The van der Waals surface area contributed by atoms with E-state index in [1.807, 2.05) is 56.3 Å². The lowest BCUT2D eigenvalue weighted by molar-refractivity contribution is 0.0912. The first kappa shape index (κ1) is 17.3. The predicted molar refractivity (Wildman–Crippen MR) is 108 cm³/mol. The second-order valence-electron chi connectivity index (χ2n) is 6.97. The van der Waals surface area contributed by atoms with Gasteiger partial charge < -0.3 is 9.73 Å². The van der Waals surface area contributed by atoms with Gasteiger partial charge in [-0.05, 0) is 50.5 Å². The Morgan fingerprint density at radius 3 is 2.63 bits per heavy atom. The minimum Gasteiger partial charge on any atom is -0.450 e. The molecule has 0 aliphatic rings. The Morgan fingerprint density at radius 1 is 1.07 bits per heavy atom. The number of pyridine rings is 1. The summed E-state index contributed by atoms with van der Waals surface area (Å²) in [6.45, 7) is 3.96. The maximum atomic E-state index is 12.7. The van der Waals surface area contributed by atoms with E-state index in [0.717, 1.165) is 40.4 Å². The van der Waals surface area contributed by atoms with Crippen LogP contribution in [0.1, 0.15) is 35.2 Å². The highest BCUT2D eigenvalue weighted by Gasteiger charge is 2.18. The van der Waals surface area contributed by atoms with Gasteiger partial charge in [0.1, 0.15) is 5.58 Å². The Bertz CT molecular complexity index is 1100. The van der Waals surface area contributed by atoms with Crippen LogP contribution >= 0.6 is 0 Å². The van der Waals surface area contributed by atoms with E-state index in [4.69, 9.17) is 4.42 Å². The topological polar surface area (TPSA) is 55.1 Å². The van der Waals surface area contributed by atoms with Crippen molar-refractivity contribution < 1.29 is 9.21 Å². The summed E-state index contributed by atoms with van der Waals surface area (Å²) in [5.74, 6) is 0.146. The Kier molecular flexibility index (Phi) is 4.63. The van der Waals surface area contributed by atoms with Gasteiger partial charge in [-0.15, -0.1) is 0 Å². The molecule has 0 radical (unpaired) electrons. The van der Waals surface area contributed by atoms with Crippen molar-refractivity contribution in [1.29, 1.82) is 0 Å². The molecule has 0 fully saturated rings. The van der Waals surface area contributed by atoms with Crippen LogP contribution in [0.3, 0.4) is 0 Å². The lowest BCUT2D eigenvalue weighted by atomic mass is 10.1. The quantitative estimate of drug-likeness (QED) is 0.544. The minimum absolute atomic E-state index is 0.0573. The molecule has 0 aliphatic heterocycles. The molecule has 1 N–H and O–H groups in total. The molecule has 0 saturated heterocycles. The molecule has 4 heteroatoms.